The molecule has 7 heteroatoms. The fourth-order valence-corrected chi connectivity index (χ4v) is 5.92. The second kappa shape index (κ2) is 13.8. The van der Waals surface area contributed by atoms with Gasteiger partial charge in [0.2, 0.25) is 0 Å². The standard InChI is InChI=1S/C31H42ClN3O2S/c1-31(2,3)37-30(36)35-19-16-24(17-20-35)8-5-4-7-23-10-13-27(14-11-23)38-34-18-6-9-25-22-33-29-15-12-26(32)21-28(25)29/h10-15,21-22,24,33-34H,4-9,16-20H2,1-3H3. The summed E-state index contributed by atoms with van der Waals surface area (Å²) in [6.07, 6.45) is 11.1. The Kier molecular flexibility index (Phi) is 10.5. The summed E-state index contributed by atoms with van der Waals surface area (Å²) in [6, 6.07) is 15.0. The maximum atomic E-state index is 12.2. The fourth-order valence-electron chi connectivity index (χ4n) is 5.06. The molecule has 0 saturated carbocycles. The number of aromatic amines is 1. The first-order valence-corrected chi connectivity index (χ1v) is 15.2. The minimum absolute atomic E-state index is 0.163. The maximum absolute atomic E-state index is 12.2. The van der Waals surface area contributed by atoms with Crippen LogP contribution in [0.2, 0.25) is 5.02 Å². The smallest absolute Gasteiger partial charge is 0.410 e. The molecule has 4 rings (SSSR count). The second-order valence-corrected chi connectivity index (χ2v) is 12.8. The van der Waals surface area contributed by atoms with Gasteiger partial charge in [-0.25, -0.2) is 4.79 Å². The van der Waals surface area contributed by atoms with Gasteiger partial charge >= 0.3 is 6.09 Å². The summed E-state index contributed by atoms with van der Waals surface area (Å²) in [6.45, 7) is 8.37. The zero-order valence-corrected chi connectivity index (χ0v) is 24.6. The van der Waals surface area contributed by atoms with Gasteiger partial charge in [0.25, 0.3) is 0 Å². The molecule has 1 aromatic heterocycles. The van der Waals surface area contributed by atoms with Crippen LogP contribution in [0.1, 0.15) is 70.4 Å². The number of fused-ring (bicyclic) bond motifs is 1. The molecule has 1 amide bonds. The number of carbonyl (C=O) groups excluding carboxylic acids is 1. The van der Waals surface area contributed by atoms with Crippen molar-refractivity contribution >= 4 is 40.5 Å². The van der Waals surface area contributed by atoms with Gasteiger partial charge in [-0.15, -0.1) is 0 Å². The number of hydrogen-bond donors (Lipinski definition) is 2. The molecule has 206 valence electrons. The number of amides is 1. The van der Waals surface area contributed by atoms with Gasteiger partial charge < -0.3 is 14.6 Å². The minimum Gasteiger partial charge on any atom is -0.444 e. The number of halogens is 1. The van der Waals surface area contributed by atoms with Gasteiger partial charge in [-0.2, -0.15) is 0 Å². The molecular weight excluding hydrogens is 514 g/mol. The number of hydrogen-bond acceptors (Lipinski definition) is 4. The molecule has 0 aliphatic carbocycles. The Labute approximate surface area is 237 Å². The lowest BCUT2D eigenvalue weighted by Gasteiger charge is -2.33. The van der Waals surface area contributed by atoms with E-state index in [9.17, 15) is 4.79 Å². The molecule has 1 aliphatic heterocycles. The normalized spacial score (nSPS) is 14.8. The Morgan fingerprint density at radius 2 is 1.84 bits per heavy atom. The molecule has 0 radical (unpaired) electrons. The van der Waals surface area contributed by atoms with E-state index < -0.39 is 5.60 Å². The van der Waals surface area contributed by atoms with Crippen molar-refractivity contribution in [1.29, 1.82) is 0 Å². The molecule has 2 heterocycles. The third-order valence-corrected chi connectivity index (χ3v) is 8.25. The Bertz CT molecular complexity index is 1160. The summed E-state index contributed by atoms with van der Waals surface area (Å²) in [5.41, 5.74) is 3.46. The van der Waals surface area contributed by atoms with E-state index in [1.54, 1.807) is 11.9 Å². The van der Waals surface area contributed by atoms with Gasteiger partial charge in [-0.1, -0.05) is 36.6 Å². The summed E-state index contributed by atoms with van der Waals surface area (Å²) in [5, 5.41) is 2.01. The maximum Gasteiger partial charge on any atom is 0.410 e. The predicted molar refractivity (Wildman–Crippen MR) is 160 cm³/mol. The molecule has 5 nitrogen and oxygen atoms in total. The SMILES string of the molecule is CC(C)(C)OC(=O)N1CCC(CCCCc2ccc(SNCCCc3c[nH]c4ccc(Cl)cc34)cc2)CC1. The van der Waals surface area contributed by atoms with Crippen molar-refractivity contribution in [3.8, 4) is 0 Å². The van der Waals surface area contributed by atoms with Crippen molar-refractivity contribution in [3.63, 3.8) is 0 Å². The molecule has 1 aliphatic rings. The average Bonchev–Trinajstić information content (AvgIpc) is 3.28. The number of nitrogens with zero attached hydrogens (tertiary/aromatic N) is 1. The van der Waals surface area contributed by atoms with Gasteiger partial charge in [0, 0.05) is 46.7 Å². The highest BCUT2D eigenvalue weighted by Gasteiger charge is 2.26. The van der Waals surface area contributed by atoms with Crippen molar-refractivity contribution in [2.75, 3.05) is 19.6 Å². The number of unbranched alkanes of at least 4 members (excludes halogenated alkanes) is 1. The molecular formula is C31H42ClN3O2S. The van der Waals surface area contributed by atoms with Crippen LogP contribution < -0.4 is 4.72 Å². The van der Waals surface area contributed by atoms with Crippen LogP contribution in [0.15, 0.2) is 53.6 Å². The predicted octanol–water partition coefficient (Wildman–Crippen LogP) is 8.41. The molecule has 0 unspecified atom stereocenters. The Hall–Kier alpha value is -2.15. The van der Waals surface area contributed by atoms with E-state index in [1.807, 2.05) is 43.9 Å². The van der Waals surface area contributed by atoms with E-state index in [-0.39, 0.29) is 6.09 Å². The number of nitrogens with one attached hydrogen (secondary N) is 2. The monoisotopic (exact) mass is 555 g/mol. The first-order valence-electron chi connectivity index (χ1n) is 14.0. The van der Waals surface area contributed by atoms with Crippen molar-refractivity contribution < 1.29 is 9.53 Å². The number of rotatable bonds is 11. The first kappa shape index (κ1) is 28.8. The summed E-state index contributed by atoms with van der Waals surface area (Å²) in [5.74, 6) is 0.729. The number of aryl methyl sites for hydroxylation is 2. The van der Waals surface area contributed by atoms with Crippen molar-refractivity contribution in [2.45, 2.75) is 82.6 Å². The van der Waals surface area contributed by atoms with E-state index in [1.165, 1.54) is 40.7 Å². The molecule has 0 atom stereocenters. The fraction of sp³-hybridized carbons (Fsp3) is 0.516. The van der Waals surface area contributed by atoms with E-state index in [0.717, 1.165) is 68.2 Å². The van der Waals surface area contributed by atoms with E-state index >= 15 is 0 Å². The Morgan fingerprint density at radius 1 is 1.08 bits per heavy atom. The number of H-pyrrole nitrogens is 1. The lowest BCUT2D eigenvalue weighted by molar-refractivity contribution is 0.0180. The summed E-state index contributed by atoms with van der Waals surface area (Å²) < 4.78 is 9.01. The minimum atomic E-state index is -0.420. The van der Waals surface area contributed by atoms with Gasteiger partial charge in [0.15, 0.2) is 0 Å². The third kappa shape index (κ3) is 8.96. The lowest BCUT2D eigenvalue weighted by Crippen LogP contribution is -2.41. The van der Waals surface area contributed by atoms with E-state index in [4.69, 9.17) is 16.3 Å². The number of piperidine rings is 1. The van der Waals surface area contributed by atoms with Gasteiger partial charge in [0.05, 0.1) is 0 Å². The average molecular weight is 556 g/mol. The van der Waals surface area contributed by atoms with Crippen LogP contribution in [0, 0.1) is 5.92 Å². The quantitative estimate of drug-likeness (QED) is 0.184. The molecule has 0 bridgehead atoms. The second-order valence-electron chi connectivity index (χ2n) is 11.4. The lowest BCUT2D eigenvalue weighted by atomic mass is 9.91. The van der Waals surface area contributed by atoms with E-state index in [2.05, 4.69) is 40.2 Å². The van der Waals surface area contributed by atoms with Crippen LogP contribution in [0.3, 0.4) is 0 Å². The van der Waals surface area contributed by atoms with Crippen molar-refractivity contribution in [3.05, 3.63) is 64.8 Å². The number of likely N-dealkylation sites (tertiary alicyclic amines) is 1. The van der Waals surface area contributed by atoms with Crippen LogP contribution in [0.4, 0.5) is 4.79 Å². The molecule has 1 fully saturated rings. The number of carbonyl (C=O) groups is 1. The largest absolute Gasteiger partial charge is 0.444 e. The Balaban J connectivity index is 1.06. The highest BCUT2D eigenvalue weighted by Crippen LogP contribution is 2.25. The van der Waals surface area contributed by atoms with E-state index in [0.29, 0.717) is 0 Å². The van der Waals surface area contributed by atoms with Crippen LogP contribution in [0.25, 0.3) is 10.9 Å². The van der Waals surface area contributed by atoms with Gasteiger partial charge in [0.1, 0.15) is 5.60 Å². The number of aromatic nitrogens is 1. The van der Waals surface area contributed by atoms with Gasteiger partial charge in [-0.3, -0.25) is 4.72 Å². The molecule has 2 aromatic carbocycles. The number of ether oxygens (including phenoxy) is 1. The molecule has 0 spiro atoms. The zero-order valence-electron chi connectivity index (χ0n) is 23.0. The molecule has 2 N–H and O–H groups in total. The van der Waals surface area contributed by atoms with Crippen LogP contribution in [-0.2, 0) is 17.6 Å². The zero-order chi connectivity index (χ0) is 27.0. The number of benzene rings is 2. The summed E-state index contributed by atoms with van der Waals surface area (Å²) in [4.78, 5) is 18.7. The van der Waals surface area contributed by atoms with Gasteiger partial charge in [-0.05, 0) is 119 Å². The molecule has 1 saturated heterocycles. The van der Waals surface area contributed by atoms with Crippen molar-refractivity contribution in [2.24, 2.45) is 5.92 Å². The van der Waals surface area contributed by atoms with Crippen molar-refractivity contribution in [1.82, 2.24) is 14.6 Å². The Morgan fingerprint density at radius 3 is 2.58 bits per heavy atom. The highest BCUT2D eigenvalue weighted by atomic mass is 35.5. The summed E-state index contributed by atoms with van der Waals surface area (Å²) >= 11 is 7.87. The summed E-state index contributed by atoms with van der Waals surface area (Å²) in [7, 11) is 0. The third-order valence-electron chi connectivity index (χ3n) is 7.16. The van der Waals surface area contributed by atoms with Crippen LogP contribution in [0.5, 0.6) is 0 Å². The van der Waals surface area contributed by atoms with Crippen LogP contribution >= 0.6 is 23.5 Å². The topological polar surface area (TPSA) is 57.4 Å². The molecule has 38 heavy (non-hydrogen) atoms. The van der Waals surface area contributed by atoms with Crippen LogP contribution in [-0.4, -0.2) is 41.2 Å². The molecule has 3 aromatic rings. The first-order chi connectivity index (χ1) is 18.3. The highest BCUT2D eigenvalue weighted by molar-refractivity contribution is 7.97.